The largest absolute Gasteiger partial charge is 0.418 e. The topological polar surface area (TPSA) is 98.8 Å². The summed E-state index contributed by atoms with van der Waals surface area (Å²) < 4.78 is 81.4. The number of carbonyl (C=O) groups excluding carboxylic acids is 1. The molecule has 1 aromatic heterocycles. The van der Waals surface area contributed by atoms with Crippen molar-refractivity contribution in [1.29, 1.82) is 0 Å². The molecule has 0 aliphatic carbocycles. The zero-order valence-electron chi connectivity index (χ0n) is 23.9. The molecular formula is C31H23Cl2F6N7O. The monoisotopic (exact) mass is 693 g/mol. The number of tetrazole rings is 1. The average Bonchev–Trinajstić information content (AvgIpc) is 3.55. The molecule has 0 atom stereocenters. The zero-order chi connectivity index (χ0) is 33.8. The van der Waals surface area contributed by atoms with E-state index in [1.165, 1.54) is 41.3 Å². The highest BCUT2D eigenvalue weighted by atomic mass is 35.5. The van der Waals surface area contributed by atoms with Gasteiger partial charge in [-0.2, -0.15) is 26.3 Å². The van der Waals surface area contributed by atoms with Crippen LogP contribution in [0.1, 0.15) is 17.5 Å². The molecule has 47 heavy (non-hydrogen) atoms. The van der Waals surface area contributed by atoms with Gasteiger partial charge in [-0.3, -0.25) is 0 Å². The van der Waals surface area contributed by atoms with Crippen molar-refractivity contribution in [2.75, 3.05) is 22.1 Å². The van der Waals surface area contributed by atoms with Crippen molar-refractivity contribution in [2.24, 2.45) is 0 Å². The summed E-state index contributed by atoms with van der Waals surface area (Å²) in [5.41, 5.74) is 0.646. The van der Waals surface area contributed by atoms with Crippen molar-refractivity contribution in [3.05, 3.63) is 106 Å². The Bertz CT molecular complexity index is 1870. The standard InChI is InChI=1S/C31H23Cl2F6N7O/c32-20-11-9-19(24(33)16-20)17-46(14-13-30(34,35)36)27-12-10-18(21-5-1-2-6-22(21)28-42-44-45-43-28)15-26(27)41-29(47)40-25-8-4-3-7-23(25)31(37,38)39/h1-12,15-16H,13-14,17H2,(H2,40,41,47)(H,42,43,44,45). The van der Waals surface area contributed by atoms with Gasteiger partial charge in [-0.15, -0.1) is 5.10 Å². The Hall–Kier alpha value is -4.82. The molecule has 0 bridgehead atoms. The van der Waals surface area contributed by atoms with Crippen LogP contribution in [0.5, 0.6) is 0 Å². The lowest BCUT2D eigenvalue weighted by Gasteiger charge is -2.29. The third-order valence-electron chi connectivity index (χ3n) is 6.95. The summed E-state index contributed by atoms with van der Waals surface area (Å²) in [5, 5.41) is 19.1. The summed E-state index contributed by atoms with van der Waals surface area (Å²) >= 11 is 12.4. The maximum atomic E-state index is 13.6. The van der Waals surface area contributed by atoms with Gasteiger partial charge in [0.1, 0.15) is 0 Å². The second-order valence-corrected chi connectivity index (χ2v) is 11.0. The summed E-state index contributed by atoms with van der Waals surface area (Å²) in [6.07, 6.45) is -10.5. The fourth-order valence-electron chi connectivity index (χ4n) is 4.81. The molecule has 0 radical (unpaired) electrons. The van der Waals surface area contributed by atoms with E-state index in [-0.39, 0.29) is 22.9 Å². The van der Waals surface area contributed by atoms with Crippen LogP contribution in [0, 0.1) is 0 Å². The molecular weight excluding hydrogens is 671 g/mol. The summed E-state index contributed by atoms with van der Waals surface area (Å²) in [6, 6.07) is 19.5. The molecule has 0 spiro atoms. The normalized spacial score (nSPS) is 11.7. The Morgan fingerprint density at radius 1 is 0.830 bits per heavy atom. The number of nitrogens with zero attached hydrogens (tertiary/aromatic N) is 4. The van der Waals surface area contributed by atoms with E-state index in [0.29, 0.717) is 33.1 Å². The minimum atomic E-state index is -4.76. The van der Waals surface area contributed by atoms with Gasteiger partial charge in [-0.25, -0.2) is 9.89 Å². The van der Waals surface area contributed by atoms with Gasteiger partial charge in [-0.1, -0.05) is 71.7 Å². The second kappa shape index (κ2) is 13.9. The van der Waals surface area contributed by atoms with Crippen molar-refractivity contribution >= 4 is 46.3 Å². The highest BCUT2D eigenvalue weighted by molar-refractivity contribution is 6.35. The van der Waals surface area contributed by atoms with Crippen molar-refractivity contribution in [1.82, 2.24) is 20.6 Å². The summed E-state index contributed by atoms with van der Waals surface area (Å²) in [7, 11) is 0. The number of halogens is 8. The van der Waals surface area contributed by atoms with E-state index in [1.807, 2.05) is 0 Å². The van der Waals surface area contributed by atoms with Crippen LogP contribution in [0.3, 0.4) is 0 Å². The molecule has 5 aromatic rings. The van der Waals surface area contributed by atoms with Crippen LogP contribution in [-0.2, 0) is 12.7 Å². The van der Waals surface area contributed by atoms with Crippen LogP contribution in [0.25, 0.3) is 22.5 Å². The number of hydrogen-bond donors (Lipinski definition) is 3. The fourth-order valence-corrected chi connectivity index (χ4v) is 5.28. The lowest BCUT2D eigenvalue weighted by molar-refractivity contribution is -0.137. The first-order valence-corrected chi connectivity index (χ1v) is 14.5. The lowest BCUT2D eigenvalue weighted by Crippen LogP contribution is -2.30. The number of anilines is 3. The molecule has 8 nitrogen and oxygen atoms in total. The summed E-state index contributed by atoms with van der Waals surface area (Å²) in [6.45, 7) is -0.672. The summed E-state index contributed by atoms with van der Waals surface area (Å²) in [5.74, 6) is 0.324. The number of aromatic nitrogens is 4. The van der Waals surface area contributed by atoms with Gasteiger partial charge in [0.25, 0.3) is 0 Å². The minimum absolute atomic E-state index is 0.00208. The minimum Gasteiger partial charge on any atom is -0.365 e. The SMILES string of the molecule is O=C(Nc1cc(-c2ccccc2-c2nnn[nH]2)ccc1N(CCC(F)(F)F)Cc1ccc(Cl)cc1Cl)Nc1ccccc1C(F)(F)F. The van der Waals surface area contributed by atoms with Crippen LogP contribution < -0.4 is 15.5 Å². The van der Waals surface area contributed by atoms with Gasteiger partial charge in [0.15, 0.2) is 5.82 Å². The van der Waals surface area contributed by atoms with Crippen molar-refractivity contribution in [3.63, 3.8) is 0 Å². The number of hydrogen-bond acceptors (Lipinski definition) is 5. The van der Waals surface area contributed by atoms with E-state index in [2.05, 4.69) is 31.3 Å². The number of aromatic amines is 1. The molecule has 0 aliphatic heterocycles. The first-order chi connectivity index (χ1) is 22.3. The quantitative estimate of drug-likeness (QED) is 0.134. The van der Waals surface area contributed by atoms with Crippen LogP contribution in [-0.4, -0.2) is 39.4 Å². The number of urea groups is 1. The third kappa shape index (κ3) is 8.51. The number of rotatable bonds is 9. The molecule has 4 aromatic carbocycles. The van der Waals surface area contributed by atoms with Crippen LogP contribution >= 0.6 is 23.2 Å². The predicted octanol–water partition coefficient (Wildman–Crippen LogP) is 9.46. The van der Waals surface area contributed by atoms with Crippen LogP contribution in [0.4, 0.5) is 48.2 Å². The van der Waals surface area contributed by atoms with Crippen molar-refractivity contribution in [2.45, 2.75) is 25.3 Å². The number of carbonyl (C=O) groups is 1. The predicted molar refractivity (Wildman–Crippen MR) is 167 cm³/mol. The number of H-pyrrole nitrogens is 1. The molecule has 16 heteroatoms. The number of alkyl halides is 6. The van der Waals surface area contributed by atoms with E-state index in [0.717, 1.165) is 12.1 Å². The van der Waals surface area contributed by atoms with Gasteiger partial charge in [0.05, 0.1) is 29.0 Å². The molecule has 1 heterocycles. The first-order valence-electron chi connectivity index (χ1n) is 13.8. The number of nitrogens with one attached hydrogen (secondary N) is 3. The molecule has 244 valence electrons. The molecule has 2 amide bonds. The van der Waals surface area contributed by atoms with Gasteiger partial charge in [0, 0.05) is 28.7 Å². The molecule has 0 fully saturated rings. The smallest absolute Gasteiger partial charge is 0.365 e. The number of para-hydroxylation sites is 1. The van der Waals surface area contributed by atoms with E-state index < -0.39 is 42.6 Å². The van der Waals surface area contributed by atoms with Gasteiger partial charge in [0.2, 0.25) is 0 Å². The Kier molecular flexibility index (Phi) is 9.91. The van der Waals surface area contributed by atoms with Crippen molar-refractivity contribution < 1.29 is 31.1 Å². The zero-order valence-corrected chi connectivity index (χ0v) is 25.4. The molecule has 5 rings (SSSR count). The van der Waals surface area contributed by atoms with E-state index in [4.69, 9.17) is 23.2 Å². The maximum Gasteiger partial charge on any atom is 0.418 e. The first kappa shape index (κ1) is 33.5. The molecule has 0 saturated heterocycles. The highest BCUT2D eigenvalue weighted by Crippen LogP contribution is 2.38. The van der Waals surface area contributed by atoms with Gasteiger partial charge in [-0.05, 0) is 63.5 Å². The molecule has 3 N–H and O–H groups in total. The molecule has 0 saturated carbocycles. The van der Waals surface area contributed by atoms with Gasteiger partial charge < -0.3 is 15.5 Å². The Labute approximate surface area is 273 Å². The Balaban J connectivity index is 1.59. The van der Waals surface area contributed by atoms with Crippen LogP contribution in [0.2, 0.25) is 10.0 Å². The highest BCUT2D eigenvalue weighted by Gasteiger charge is 2.34. The Morgan fingerprint density at radius 3 is 2.21 bits per heavy atom. The van der Waals surface area contributed by atoms with Crippen LogP contribution in [0.15, 0.2) is 84.9 Å². The van der Waals surface area contributed by atoms with E-state index >= 15 is 0 Å². The van der Waals surface area contributed by atoms with Crippen molar-refractivity contribution in [3.8, 4) is 22.5 Å². The van der Waals surface area contributed by atoms with Gasteiger partial charge >= 0.3 is 18.4 Å². The lowest BCUT2D eigenvalue weighted by atomic mass is 9.98. The average molecular weight is 694 g/mol. The number of amides is 2. The summed E-state index contributed by atoms with van der Waals surface area (Å²) in [4.78, 5) is 14.6. The van der Waals surface area contributed by atoms with E-state index in [1.54, 1.807) is 36.4 Å². The molecule has 0 unspecified atom stereocenters. The molecule has 0 aliphatic rings. The second-order valence-electron chi connectivity index (χ2n) is 10.2. The number of benzene rings is 4. The Morgan fingerprint density at radius 2 is 1.53 bits per heavy atom. The van der Waals surface area contributed by atoms with E-state index in [9.17, 15) is 31.1 Å². The maximum absolute atomic E-state index is 13.6. The fraction of sp³-hybridized carbons (Fsp3) is 0.161. The third-order valence-corrected chi connectivity index (χ3v) is 7.53.